The van der Waals surface area contributed by atoms with E-state index in [4.69, 9.17) is 5.11 Å². The standard InChI is InChI=1S/C14H13BrN2O3S/c1-17(7-9-4-5-21-8-9)14(20)16-12-3-2-10(13(18)19)6-11(12)15/h2-6,8H,7H2,1H3,(H,16,20)(H,18,19). The van der Waals surface area contributed by atoms with Gasteiger partial charge in [-0.05, 0) is 56.5 Å². The van der Waals surface area contributed by atoms with Crippen LogP contribution in [0.2, 0.25) is 0 Å². The first-order chi connectivity index (χ1) is 9.97. The molecule has 110 valence electrons. The van der Waals surface area contributed by atoms with Crippen LogP contribution in [0.1, 0.15) is 15.9 Å². The maximum Gasteiger partial charge on any atom is 0.335 e. The third-order valence-electron chi connectivity index (χ3n) is 2.80. The van der Waals surface area contributed by atoms with Gasteiger partial charge in [0.1, 0.15) is 0 Å². The lowest BCUT2D eigenvalue weighted by molar-refractivity contribution is 0.0697. The number of carbonyl (C=O) groups is 2. The summed E-state index contributed by atoms with van der Waals surface area (Å²) in [5.74, 6) is -1.01. The van der Waals surface area contributed by atoms with Crippen LogP contribution in [0.5, 0.6) is 0 Å². The molecule has 0 saturated carbocycles. The number of amides is 2. The zero-order valence-electron chi connectivity index (χ0n) is 11.2. The SMILES string of the molecule is CN(Cc1ccsc1)C(=O)Nc1ccc(C(=O)O)cc1Br. The van der Waals surface area contributed by atoms with Crippen molar-refractivity contribution in [2.75, 3.05) is 12.4 Å². The average Bonchev–Trinajstić information content (AvgIpc) is 2.93. The third-order valence-corrected chi connectivity index (χ3v) is 4.19. The van der Waals surface area contributed by atoms with E-state index in [1.807, 2.05) is 16.8 Å². The number of thiophene rings is 1. The molecule has 0 atom stereocenters. The Morgan fingerprint density at radius 2 is 2.14 bits per heavy atom. The fraction of sp³-hybridized carbons (Fsp3) is 0.143. The Morgan fingerprint density at radius 1 is 1.38 bits per heavy atom. The summed E-state index contributed by atoms with van der Waals surface area (Å²) in [5, 5.41) is 15.6. The van der Waals surface area contributed by atoms with E-state index in [1.54, 1.807) is 29.4 Å². The first-order valence-electron chi connectivity index (χ1n) is 6.03. The second-order valence-electron chi connectivity index (χ2n) is 4.42. The van der Waals surface area contributed by atoms with Gasteiger partial charge in [0.05, 0.1) is 11.3 Å². The molecule has 0 aliphatic carbocycles. The highest BCUT2D eigenvalue weighted by Gasteiger charge is 2.13. The molecule has 7 heteroatoms. The number of halogens is 1. The number of carboxylic acids is 1. The fourth-order valence-corrected chi connectivity index (χ4v) is 2.83. The van der Waals surface area contributed by atoms with Crippen LogP contribution >= 0.6 is 27.3 Å². The van der Waals surface area contributed by atoms with Crippen molar-refractivity contribution in [2.45, 2.75) is 6.54 Å². The van der Waals surface area contributed by atoms with Crippen LogP contribution in [0.3, 0.4) is 0 Å². The second kappa shape index (κ2) is 6.73. The van der Waals surface area contributed by atoms with E-state index in [2.05, 4.69) is 21.2 Å². The van der Waals surface area contributed by atoms with Gasteiger partial charge in [-0.3, -0.25) is 0 Å². The van der Waals surface area contributed by atoms with Crippen LogP contribution in [-0.4, -0.2) is 29.1 Å². The Hall–Kier alpha value is -1.86. The molecule has 0 saturated heterocycles. The topological polar surface area (TPSA) is 69.6 Å². The fourth-order valence-electron chi connectivity index (χ4n) is 1.69. The largest absolute Gasteiger partial charge is 0.478 e. The maximum atomic E-state index is 12.1. The lowest BCUT2D eigenvalue weighted by Gasteiger charge is -2.18. The normalized spacial score (nSPS) is 10.2. The molecule has 0 aliphatic rings. The van der Waals surface area contributed by atoms with Crippen LogP contribution in [0, 0.1) is 0 Å². The highest BCUT2D eigenvalue weighted by molar-refractivity contribution is 9.10. The minimum absolute atomic E-state index is 0.159. The highest BCUT2D eigenvalue weighted by Crippen LogP contribution is 2.24. The molecule has 0 radical (unpaired) electrons. The van der Waals surface area contributed by atoms with Crippen LogP contribution in [0.25, 0.3) is 0 Å². The van der Waals surface area contributed by atoms with Crippen LogP contribution in [0.4, 0.5) is 10.5 Å². The number of nitrogens with one attached hydrogen (secondary N) is 1. The lowest BCUT2D eigenvalue weighted by atomic mass is 10.2. The number of benzene rings is 1. The molecule has 2 amide bonds. The van der Waals surface area contributed by atoms with Gasteiger partial charge in [-0.2, -0.15) is 11.3 Å². The average molecular weight is 369 g/mol. The molecule has 1 aromatic heterocycles. The summed E-state index contributed by atoms with van der Waals surface area (Å²) in [7, 11) is 1.70. The molecule has 1 aromatic carbocycles. The lowest BCUT2D eigenvalue weighted by Crippen LogP contribution is -2.30. The maximum absolute atomic E-state index is 12.1. The predicted molar refractivity (Wildman–Crippen MR) is 85.9 cm³/mol. The van der Waals surface area contributed by atoms with Gasteiger partial charge in [-0.1, -0.05) is 0 Å². The predicted octanol–water partition coefficient (Wildman–Crippen LogP) is 3.87. The molecule has 2 aromatic rings. The van der Waals surface area contributed by atoms with Crippen molar-refractivity contribution in [3.8, 4) is 0 Å². The number of hydrogen-bond acceptors (Lipinski definition) is 3. The molecule has 0 aliphatic heterocycles. The Kier molecular flexibility index (Phi) is 4.98. The first-order valence-corrected chi connectivity index (χ1v) is 7.77. The van der Waals surface area contributed by atoms with Crippen LogP contribution < -0.4 is 5.32 Å². The molecule has 1 heterocycles. The minimum Gasteiger partial charge on any atom is -0.478 e. The number of aromatic carboxylic acids is 1. The zero-order valence-corrected chi connectivity index (χ0v) is 13.6. The molecule has 2 N–H and O–H groups in total. The van der Waals surface area contributed by atoms with Crippen molar-refractivity contribution in [1.29, 1.82) is 0 Å². The van der Waals surface area contributed by atoms with Gasteiger partial charge in [0.15, 0.2) is 0 Å². The number of anilines is 1. The van der Waals surface area contributed by atoms with E-state index in [0.29, 0.717) is 16.7 Å². The molecule has 0 spiro atoms. The summed E-state index contributed by atoms with van der Waals surface area (Å²) in [5.41, 5.74) is 1.76. The van der Waals surface area contributed by atoms with E-state index in [-0.39, 0.29) is 11.6 Å². The van der Waals surface area contributed by atoms with Gasteiger partial charge in [-0.25, -0.2) is 9.59 Å². The van der Waals surface area contributed by atoms with Gasteiger partial charge in [0, 0.05) is 18.1 Å². The van der Waals surface area contributed by atoms with E-state index in [9.17, 15) is 9.59 Å². The molecular weight excluding hydrogens is 356 g/mol. The summed E-state index contributed by atoms with van der Waals surface area (Å²) in [4.78, 5) is 24.5. The second-order valence-corrected chi connectivity index (χ2v) is 6.05. The van der Waals surface area contributed by atoms with E-state index in [1.165, 1.54) is 12.1 Å². The van der Waals surface area contributed by atoms with Crippen LogP contribution in [0.15, 0.2) is 39.5 Å². The first kappa shape index (κ1) is 15.5. The third kappa shape index (κ3) is 4.05. The Labute approximate surface area is 134 Å². The molecule has 0 fully saturated rings. The number of nitrogens with zero attached hydrogens (tertiary/aromatic N) is 1. The smallest absolute Gasteiger partial charge is 0.335 e. The van der Waals surface area contributed by atoms with Crippen LogP contribution in [-0.2, 0) is 6.54 Å². The van der Waals surface area contributed by atoms with Gasteiger partial charge >= 0.3 is 12.0 Å². The summed E-state index contributed by atoms with van der Waals surface area (Å²) in [6.07, 6.45) is 0. The molecule has 5 nitrogen and oxygen atoms in total. The zero-order chi connectivity index (χ0) is 15.4. The number of carbonyl (C=O) groups excluding carboxylic acids is 1. The van der Waals surface area contributed by atoms with Crippen molar-refractivity contribution < 1.29 is 14.7 Å². The van der Waals surface area contributed by atoms with Gasteiger partial charge < -0.3 is 15.3 Å². The summed E-state index contributed by atoms with van der Waals surface area (Å²) >= 11 is 4.84. The summed E-state index contributed by atoms with van der Waals surface area (Å²) in [6, 6.07) is 6.17. The van der Waals surface area contributed by atoms with Crippen molar-refractivity contribution >= 4 is 45.0 Å². The Bertz CT molecular complexity index is 658. The van der Waals surface area contributed by atoms with Crippen molar-refractivity contribution in [1.82, 2.24) is 4.90 Å². The molecule has 0 unspecified atom stereocenters. The number of urea groups is 1. The number of hydrogen-bond donors (Lipinski definition) is 2. The quantitative estimate of drug-likeness (QED) is 0.860. The van der Waals surface area contributed by atoms with E-state index >= 15 is 0 Å². The Balaban J connectivity index is 2.03. The van der Waals surface area contributed by atoms with Gasteiger partial charge in [0.2, 0.25) is 0 Å². The highest BCUT2D eigenvalue weighted by atomic mass is 79.9. The number of carboxylic acid groups (broad SMARTS) is 1. The number of rotatable bonds is 4. The molecule has 2 rings (SSSR count). The summed E-state index contributed by atoms with van der Waals surface area (Å²) in [6.45, 7) is 0.514. The Morgan fingerprint density at radius 3 is 2.71 bits per heavy atom. The molecular formula is C14H13BrN2O3S. The molecule has 21 heavy (non-hydrogen) atoms. The van der Waals surface area contributed by atoms with E-state index in [0.717, 1.165) is 5.56 Å². The monoisotopic (exact) mass is 368 g/mol. The van der Waals surface area contributed by atoms with Gasteiger partial charge in [0.25, 0.3) is 0 Å². The molecule has 0 bridgehead atoms. The van der Waals surface area contributed by atoms with Crippen molar-refractivity contribution in [3.05, 3.63) is 50.6 Å². The van der Waals surface area contributed by atoms with Crippen molar-refractivity contribution in [3.63, 3.8) is 0 Å². The van der Waals surface area contributed by atoms with Gasteiger partial charge in [-0.15, -0.1) is 0 Å². The minimum atomic E-state index is -1.01. The van der Waals surface area contributed by atoms with E-state index < -0.39 is 5.97 Å². The summed E-state index contributed by atoms with van der Waals surface area (Å²) < 4.78 is 0.527. The van der Waals surface area contributed by atoms with Crippen molar-refractivity contribution in [2.24, 2.45) is 0 Å².